The summed E-state index contributed by atoms with van der Waals surface area (Å²) in [6.07, 6.45) is 6.30. The quantitative estimate of drug-likeness (QED) is 0.373. The molecule has 35 heavy (non-hydrogen) atoms. The lowest BCUT2D eigenvalue weighted by Gasteiger charge is -2.35. The zero-order chi connectivity index (χ0) is 24.2. The predicted molar refractivity (Wildman–Crippen MR) is 132 cm³/mol. The van der Waals surface area contributed by atoms with Gasteiger partial charge in [0.1, 0.15) is 0 Å². The normalized spacial score (nSPS) is 16.7. The molecule has 1 saturated heterocycles. The highest BCUT2D eigenvalue weighted by Gasteiger charge is 2.32. The number of amides is 3. The summed E-state index contributed by atoms with van der Waals surface area (Å²) in [5, 5.41) is 4.66. The third-order valence-corrected chi connectivity index (χ3v) is 6.80. The number of aryl methyl sites for hydroxylation is 1. The molecule has 0 saturated carbocycles. The second kappa shape index (κ2) is 10.4. The Bertz CT molecular complexity index is 1170. The summed E-state index contributed by atoms with van der Waals surface area (Å²) in [5.74, 6) is -0.397. The van der Waals surface area contributed by atoms with E-state index < -0.39 is 0 Å². The van der Waals surface area contributed by atoms with Crippen molar-refractivity contribution >= 4 is 28.5 Å². The summed E-state index contributed by atoms with van der Waals surface area (Å²) in [7, 11) is 0. The SMILES string of the molecule is O=C(CN1CCN(CCN2C(=O)c3cccc4cccc(c34)C2=O)CC1)NCCCn1ccnc1. The van der Waals surface area contributed by atoms with Crippen LogP contribution in [0.25, 0.3) is 10.8 Å². The Hall–Kier alpha value is -3.56. The maximum absolute atomic E-state index is 13.1. The highest BCUT2D eigenvalue weighted by molar-refractivity contribution is 6.25. The predicted octanol–water partition coefficient (Wildman–Crippen LogP) is 1.46. The van der Waals surface area contributed by atoms with Gasteiger partial charge >= 0.3 is 0 Å². The van der Waals surface area contributed by atoms with Crippen LogP contribution in [-0.4, -0.2) is 94.3 Å². The second-order valence-electron chi connectivity index (χ2n) is 9.09. The maximum Gasteiger partial charge on any atom is 0.261 e. The van der Waals surface area contributed by atoms with Crippen LogP contribution in [0.1, 0.15) is 27.1 Å². The number of carbonyl (C=O) groups excluding carboxylic acids is 3. The molecular formula is C26H30N6O3. The Balaban J connectivity index is 1.06. The van der Waals surface area contributed by atoms with E-state index in [2.05, 4.69) is 20.1 Å². The van der Waals surface area contributed by atoms with E-state index >= 15 is 0 Å². The standard InChI is InChI=1S/C26H30N6O3/c33-23(28-8-3-10-31-11-9-27-19-31)18-30-14-12-29(13-15-30)16-17-32-25(34)21-6-1-4-20-5-2-7-22(24(20)21)26(32)35/h1-2,4-7,9,11,19H,3,8,10,12-18H2,(H,28,33). The summed E-state index contributed by atoms with van der Waals surface area (Å²) in [6.45, 7) is 6.03. The molecule has 5 rings (SSSR count). The van der Waals surface area contributed by atoms with Crippen molar-refractivity contribution in [2.75, 3.05) is 52.4 Å². The fourth-order valence-corrected chi connectivity index (χ4v) is 4.86. The third kappa shape index (κ3) is 5.11. The summed E-state index contributed by atoms with van der Waals surface area (Å²) in [6, 6.07) is 11.2. The van der Waals surface area contributed by atoms with E-state index in [0.717, 1.165) is 49.9 Å². The van der Waals surface area contributed by atoms with Gasteiger partial charge in [-0.3, -0.25) is 29.1 Å². The van der Waals surface area contributed by atoms with Crippen LogP contribution in [0.3, 0.4) is 0 Å². The number of benzene rings is 2. The molecular weight excluding hydrogens is 444 g/mol. The first kappa shape index (κ1) is 23.2. The number of aromatic nitrogens is 2. The van der Waals surface area contributed by atoms with Gasteiger partial charge in [-0.15, -0.1) is 0 Å². The van der Waals surface area contributed by atoms with Gasteiger partial charge in [-0.2, -0.15) is 0 Å². The molecule has 3 heterocycles. The average Bonchev–Trinajstić information content (AvgIpc) is 3.40. The highest BCUT2D eigenvalue weighted by Crippen LogP contribution is 2.29. The minimum Gasteiger partial charge on any atom is -0.355 e. The Kier molecular flexibility index (Phi) is 6.87. The fourth-order valence-electron chi connectivity index (χ4n) is 4.86. The molecule has 2 aromatic carbocycles. The molecule has 1 N–H and O–H groups in total. The number of imide groups is 1. The fraction of sp³-hybridized carbons (Fsp3) is 0.385. The smallest absolute Gasteiger partial charge is 0.261 e. The van der Waals surface area contributed by atoms with E-state index in [1.165, 1.54) is 4.90 Å². The monoisotopic (exact) mass is 474 g/mol. The first-order valence-corrected chi connectivity index (χ1v) is 12.2. The molecule has 0 unspecified atom stereocenters. The van der Waals surface area contributed by atoms with E-state index in [0.29, 0.717) is 37.3 Å². The van der Waals surface area contributed by atoms with Gasteiger partial charge in [0.15, 0.2) is 0 Å². The molecule has 0 radical (unpaired) electrons. The number of hydrogen-bond donors (Lipinski definition) is 1. The maximum atomic E-state index is 13.1. The van der Waals surface area contributed by atoms with Crippen LogP contribution in [0.4, 0.5) is 0 Å². The molecule has 9 nitrogen and oxygen atoms in total. The first-order chi connectivity index (χ1) is 17.1. The van der Waals surface area contributed by atoms with Crippen molar-refractivity contribution in [2.45, 2.75) is 13.0 Å². The number of hydrogen-bond acceptors (Lipinski definition) is 6. The third-order valence-electron chi connectivity index (χ3n) is 6.80. The minimum absolute atomic E-state index is 0.0430. The van der Waals surface area contributed by atoms with Crippen LogP contribution in [0.5, 0.6) is 0 Å². The average molecular weight is 475 g/mol. The number of nitrogens with one attached hydrogen (secondary N) is 1. The topological polar surface area (TPSA) is 90.8 Å². The number of rotatable bonds is 9. The van der Waals surface area contributed by atoms with Crippen LogP contribution < -0.4 is 5.32 Å². The molecule has 0 bridgehead atoms. The molecule has 3 aromatic rings. The molecule has 3 amide bonds. The zero-order valence-corrected chi connectivity index (χ0v) is 19.7. The van der Waals surface area contributed by atoms with Crippen molar-refractivity contribution in [3.05, 3.63) is 66.2 Å². The number of carbonyl (C=O) groups is 3. The molecule has 182 valence electrons. The van der Waals surface area contributed by atoms with Crippen molar-refractivity contribution in [1.82, 2.24) is 29.6 Å². The van der Waals surface area contributed by atoms with E-state index in [4.69, 9.17) is 0 Å². The van der Waals surface area contributed by atoms with Gasteiger partial charge in [0.2, 0.25) is 5.91 Å². The van der Waals surface area contributed by atoms with Gasteiger partial charge < -0.3 is 9.88 Å². The zero-order valence-electron chi connectivity index (χ0n) is 19.7. The highest BCUT2D eigenvalue weighted by atomic mass is 16.2. The summed E-state index contributed by atoms with van der Waals surface area (Å²) >= 11 is 0. The molecule has 2 aliphatic heterocycles. The second-order valence-corrected chi connectivity index (χ2v) is 9.09. The van der Waals surface area contributed by atoms with Crippen LogP contribution in [-0.2, 0) is 11.3 Å². The van der Waals surface area contributed by atoms with E-state index in [-0.39, 0.29) is 17.7 Å². The summed E-state index contributed by atoms with van der Waals surface area (Å²) in [4.78, 5) is 48.2. The van der Waals surface area contributed by atoms with Crippen LogP contribution in [0.2, 0.25) is 0 Å². The van der Waals surface area contributed by atoms with Crippen molar-refractivity contribution in [3.8, 4) is 0 Å². The minimum atomic E-state index is -0.220. The molecule has 0 spiro atoms. The molecule has 2 aliphatic rings. The Morgan fingerprint density at radius 3 is 2.23 bits per heavy atom. The molecule has 1 aromatic heterocycles. The number of nitrogens with zero attached hydrogens (tertiary/aromatic N) is 5. The largest absolute Gasteiger partial charge is 0.355 e. The lowest BCUT2D eigenvalue weighted by molar-refractivity contribution is -0.122. The van der Waals surface area contributed by atoms with Gasteiger partial charge in [0, 0.05) is 81.3 Å². The van der Waals surface area contributed by atoms with Gasteiger partial charge in [0.05, 0.1) is 12.9 Å². The molecule has 9 heteroatoms. The van der Waals surface area contributed by atoms with E-state index in [9.17, 15) is 14.4 Å². The van der Waals surface area contributed by atoms with Crippen molar-refractivity contribution in [1.29, 1.82) is 0 Å². The van der Waals surface area contributed by atoms with E-state index in [1.807, 2.05) is 35.0 Å². The number of imidazole rings is 1. The molecule has 1 fully saturated rings. The first-order valence-electron chi connectivity index (χ1n) is 12.2. The van der Waals surface area contributed by atoms with Crippen molar-refractivity contribution in [2.24, 2.45) is 0 Å². The van der Waals surface area contributed by atoms with Gasteiger partial charge in [-0.1, -0.05) is 24.3 Å². The van der Waals surface area contributed by atoms with Crippen molar-refractivity contribution < 1.29 is 14.4 Å². The van der Waals surface area contributed by atoms with Gasteiger partial charge in [-0.25, -0.2) is 4.98 Å². The molecule has 0 aliphatic carbocycles. The molecule has 0 atom stereocenters. The Morgan fingerprint density at radius 1 is 0.886 bits per heavy atom. The van der Waals surface area contributed by atoms with E-state index in [1.54, 1.807) is 24.7 Å². The summed E-state index contributed by atoms with van der Waals surface area (Å²) < 4.78 is 2.00. The lowest BCUT2D eigenvalue weighted by atomic mass is 9.94. The van der Waals surface area contributed by atoms with Crippen LogP contribution >= 0.6 is 0 Å². The van der Waals surface area contributed by atoms with Crippen LogP contribution in [0.15, 0.2) is 55.1 Å². The summed E-state index contributed by atoms with van der Waals surface area (Å²) in [5.41, 5.74) is 1.19. The van der Waals surface area contributed by atoms with Gasteiger partial charge in [0.25, 0.3) is 11.8 Å². The van der Waals surface area contributed by atoms with Crippen LogP contribution in [0, 0.1) is 0 Å². The Labute approximate surface area is 204 Å². The Morgan fingerprint density at radius 2 is 1.57 bits per heavy atom. The number of piperazine rings is 1. The lowest BCUT2D eigenvalue weighted by Crippen LogP contribution is -2.52. The van der Waals surface area contributed by atoms with Crippen molar-refractivity contribution in [3.63, 3.8) is 0 Å². The van der Waals surface area contributed by atoms with Gasteiger partial charge in [-0.05, 0) is 23.9 Å².